The van der Waals surface area contributed by atoms with Crippen molar-refractivity contribution in [3.05, 3.63) is 63.7 Å². The first-order valence-corrected chi connectivity index (χ1v) is 12.4. The number of hydrogen-bond acceptors (Lipinski definition) is 4. The van der Waals surface area contributed by atoms with E-state index >= 15 is 0 Å². The first-order chi connectivity index (χ1) is 18.5. The van der Waals surface area contributed by atoms with Gasteiger partial charge in [0.2, 0.25) is 5.96 Å². The van der Waals surface area contributed by atoms with Crippen LogP contribution >= 0.6 is 0 Å². The number of ether oxygens (including phenoxy) is 1. The topological polar surface area (TPSA) is 107 Å². The van der Waals surface area contributed by atoms with Crippen LogP contribution in [0, 0.1) is 19.3 Å². The van der Waals surface area contributed by atoms with Crippen molar-refractivity contribution in [2.45, 2.75) is 71.6 Å². The highest BCUT2D eigenvalue weighted by Crippen LogP contribution is 2.42. The van der Waals surface area contributed by atoms with Crippen LogP contribution in [0.3, 0.4) is 0 Å². The second-order valence-electron chi connectivity index (χ2n) is 9.77. The summed E-state index contributed by atoms with van der Waals surface area (Å²) in [5, 5.41) is 15.1. The van der Waals surface area contributed by atoms with E-state index < -0.39 is 54.2 Å². The van der Waals surface area contributed by atoms with E-state index in [2.05, 4.69) is 10.3 Å². The molecule has 0 saturated carbocycles. The van der Waals surface area contributed by atoms with Gasteiger partial charge in [0.05, 0.1) is 29.0 Å². The Kier molecular flexibility index (Phi) is 9.00. The molecule has 0 spiro atoms. The van der Waals surface area contributed by atoms with Crippen molar-refractivity contribution in [1.82, 2.24) is 4.90 Å². The van der Waals surface area contributed by atoms with E-state index in [4.69, 9.17) is 16.0 Å². The molecule has 0 aromatic heterocycles. The molecular weight excluding hydrogens is 542 g/mol. The Morgan fingerprint density at radius 2 is 1.73 bits per heavy atom. The summed E-state index contributed by atoms with van der Waals surface area (Å²) < 4.78 is 86.6. The van der Waals surface area contributed by atoms with Crippen molar-refractivity contribution in [3.63, 3.8) is 0 Å². The number of carbonyl (C=O) groups is 1. The number of nitrogens with one attached hydrogen (secondary N) is 1. The number of fused-ring (bicyclic) bond motifs is 1. The van der Waals surface area contributed by atoms with E-state index in [0.29, 0.717) is 29.8 Å². The smallest absolute Gasteiger partial charge is 0.416 e. The van der Waals surface area contributed by atoms with E-state index in [0.717, 1.165) is 11.1 Å². The Bertz CT molecular complexity index is 1260. The number of nitrogens with zero attached hydrogens (tertiary/aromatic N) is 4. The van der Waals surface area contributed by atoms with E-state index in [-0.39, 0.29) is 24.6 Å². The van der Waals surface area contributed by atoms with Crippen LogP contribution in [-0.4, -0.2) is 29.6 Å². The van der Waals surface area contributed by atoms with Gasteiger partial charge < -0.3 is 15.5 Å². The molecule has 40 heavy (non-hydrogen) atoms. The molecule has 0 bridgehead atoms. The van der Waals surface area contributed by atoms with Crippen LogP contribution in [-0.2, 0) is 23.6 Å². The van der Waals surface area contributed by atoms with Gasteiger partial charge in [0.15, 0.2) is 0 Å². The zero-order chi connectivity index (χ0) is 30.0. The van der Waals surface area contributed by atoms with E-state index in [1.165, 1.54) is 9.80 Å². The maximum atomic E-state index is 13.5. The molecule has 14 heteroatoms. The number of halogens is 6. The fourth-order valence-electron chi connectivity index (χ4n) is 4.68. The largest absolute Gasteiger partial charge is 0.446 e. The van der Waals surface area contributed by atoms with Gasteiger partial charge in [-0.3, -0.25) is 10.3 Å². The predicted octanol–water partition coefficient (Wildman–Crippen LogP) is 7.29. The second-order valence-corrected chi connectivity index (χ2v) is 9.77. The number of benzene rings is 2. The maximum Gasteiger partial charge on any atom is 0.416 e. The molecule has 218 valence electrons. The van der Waals surface area contributed by atoms with E-state index in [9.17, 15) is 31.1 Å². The molecule has 8 nitrogen and oxygen atoms in total. The number of guanidine groups is 1. The number of anilines is 1. The standard InChI is InChI=1S/C26H30F6N6O2/c1-14(2)40-24(39)37-9-5-6-21(20-8-7-15(3)16(4)22(20)37)38(23(33)35-36-34)13-17-10-18(25(27,28)29)12-19(11-17)26(30,31)32/h7-8,10-12,14,21H,5-6,9,13H2,1-4H3,(H3,33,34,35)/t21-/m0/s1. The number of aryl methyl sites for hydroxylation is 1. The Morgan fingerprint density at radius 1 is 1.12 bits per heavy atom. The van der Waals surface area contributed by atoms with Crippen LogP contribution < -0.4 is 10.7 Å². The monoisotopic (exact) mass is 572 g/mol. The average molecular weight is 573 g/mol. The van der Waals surface area contributed by atoms with Crippen molar-refractivity contribution in [3.8, 4) is 0 Å². The predicted molar refractivity (Wildman–Crippen MR) is 136 cm³/mol. The molecule has 0 aliphatic carbocycles. The van der Waals surface area contributed by atoms with Crippen LogP contribution in [0.2, 0.25) is 0 Å². The Morgan fingerprint density at radius 3 is 2.25 bits per heavy atom. The first-order valence-electron chi connectivity index (χ1n) is 12.4. The molecule has 1 amide bonds. The van der Waals surface area contributed by atoms with Gasteiger partial charge in [-0.25, -0.2) is 4.79 Å². The molecular formula is C26H30F6N6O2. The quantitative estimate of drug-likeness (QED) is 0.100. The van der Waals surface area contributed by atoms with Gasteiger partial charge in [-0.15, -0.1) is 0 Å². The molecule has 0 saturated heterocycles. The Hall–Kier alpha value is -3.84. The van der Waals surface area contributed by atoms with Crippen LogP contribution in [0.5, 0.6) is 0 Å². The lowest BCUT2D eigenvalue weighted by molar-refractivity contribution is -0.143. The minimum absolute atomic E-state index is 0.0457. The van der Waals surface area contributed by atoms with Crippen molar-refractivity contribution in [1.29, 1.82) is 5.41 Å². The minimum atomic E-state index is -5.04. The van der Waals surface area contributed by atoms with Gasteiger partial charge in [0.25, 0.3) is 0 Å². The van der Waals surface area contributed by atoms with Gasteiger partial charge >= 0.3 is 18.4 Å². The van der Waals surface area contributed by atoms with Gasteiger partial charge in [0.1, 0.15) is 0 Å². The first kappa shape index (κ1) is 30.7. The molecule has 1 aliphatic rings. The van der Waals surface area contributed by atoms with Gasteiger partial charge in [-0.1, -0.05) is 22.5 Å². The van der Waals surface area contributed by atoms with Crippen molar-refractivity contribution < 1.29 is 35.9 Å². The minimum Gasteiger partial charge on any atom is -0.446 e. The summed E-state index contributed by atoms with van der Waals surface area (Å²) in [5.41, 5.74) is -0.686. The number of hydrogen-bond donors (Lipinski definition) is 2. The van der Waals surface area contributed by atoms with E-state index in [1.807, 2.05) is 6.92 Å². The summed E-state index contributed by atoms with van der Waals surface area (Å²) in [5.74, 6) is 4.59. The maximum absolute atomic E-state index is 13.5. The van der Waals surface area contributed by atoms with Crippen molar-refractivity contribution in [2.24, 2.45) is 16.2 Å². The molecule has 2 aromatic rings. The molecule has 0 radical (unpaired) electrons. The van der Waals surface area contributed by atoms with Crippen LogP contribution in [0.15, 0.2) is 40.7 Å². The number of rotatable bonds is 4. The molecule has 1 atom stereocenters. The van der Waals surface area contributed by atoms with Gasteiger partial charge in [0, 0.05) is 13.1 Å². The van der Waals surface area contributed by atoms with Gasteiger partial charge in [-0.2, -0.15) is 26.3 Å². The summed E-state index contributed by atoms with van der Waals surface area (Å²) in [6.07, 6.45) is -10.4. The molecule has 3 N–H and O–H groups in total. The Labute approximate surface area is 227 Å². The third kappa shape index (κ3) is 6.83. The lowest BCUT2D eigenvalue weighted by Crippen LogP contribution is -2.35. The van der Waals surface area contributed by atoms with Crippen molar-refractivity contribution >= 4 is 17.7 Å². The van der Waals surface area contributed by atoms with Gasteiger partial charge in [-0.05, 0) is 81.0 Å². The normalized spacial score (nSPS) is 16.2. The van der Waals surface area contributed by atoms with Crippen LogP contribution in [0.25, 0.3) is 0 Å². The second kappa shape index (κ2) is 11.7. The molecule has 1 heterocycles. The number of carbonyl (C=O) groups excluding carboxylic acids is 1. The molecule has 1 aliphatic heterocycles. The van der Waals surface area contributed by atoms with Crippen LogP contribution in [0.1, 0.15) is 66.1 Å². The SMILES string of the molecule is Cc1ccc2c(c1C)N(C(=O)OC(C)C)CCC[C@@H]2N(Cc1cc(C(F)(F)F)cc(C(F)(F)F)c1)C(=N)N=NN. The molecule has 3 rings (SSSR count). The fourth-order valence-corrected chi connectivity index (χ4v) is 4.68. The lowest BCUT2D eigenvalue weighted by atomic mass is 9.94. The number of alkyl halides is 6. The van der Waals surface area contributed by atoms with Crippen molar-refractivity contribution in [2.75, 3.05) is 11.4 Å². The summed E-state index contributed by atoms with van der Waals surface area (Å²) in [6.45, 7) is 6.73. The average Bonchev–Trinajstić information content (AvgIpc) is 3.03. The highest BCUT2D eigenvalue weighted by atomic mass is 19.4. The molecule has 0 fully saturated rings. The third-order valence-electron chi connectivity index (χ3n) is 6.58. The number of amides is 1. The fraction of sp³-hybridized carbons (Fsp3) is 0.462. The zero-order valence-electron chi connectivity index (χ0n) is 22.3. The third-order valence-corrected chi connectivity index (χ3v) is 6.58. The Balaban J connectivity index is 2.19. The lowest BCUT2D eigenvalue weighted by Gasteiger charge is -2.34. The highest BCUT2D eigenvalue weighted by molar-refractivity contribution is 5.91. The zero-order valence-corrected chi connectivity index (χ0v) is 22.3. The van der Waals surface area contributed by atoms with E-state index in [1.54, 1.807) is 32.9 Å². The highest BCUT2D eigenvalue weighted by Gasteiger charge is 2.38. The number of nitrogens with two attached hydrogens (primary N) is 1. The summed E-state index contributed by atoms with van der Waals surface area (Å²) in [6, 6.07) is 4.00. The summed E-state index contributed by atoms with van der Waals surface area (Å²) in [7, 11) is 0. The van der Waals surface area contributed by atoms with Crippen LogP contribution in [0.4, 0.5) is 36.8 Å². The summed E-state index contributed by atoms with van der Waals surface area (Å²) in [4.78, 5) is 15.7. The molecule has 0 unspecified atom stereocenters. The summed E-state index contributed by atoms with van der Waals surface area (Å²) >= 11 is 0. The molecule has 2 aromatic carbocycles.